The zero-order valence-corrected chi connectivity index (χ0v) is 16.3. The van der Waals surface area contributed by atoms with Crippen LogP contribution in [0.1, 0.15) is 5.56 Å². The molecule has 1 atom stereocenters. The third kappa shape index (κ3) is 3.37. The van der Waals surface area contributed by atoms with Crippen molar-refractivity contribution in [1.82, 2.24) is 0 Å². The van der Waals surface area contributed by atoms with Gasteiger partial charge in [0.1, 0.15) is 6.04 Å². The van der Waals surface area contributed by atoms with E-state index in [0.29, 0.717) is 22.8 Å². The van der Waals surface area contributed by atoms with Gasteiger partial charge in [0.25, 0.3) is 10.0 Å². The number of halogens is 1. The summed E-state index contributed by atoms with van der Waals surface area (Å²) in [5, 5.41) is 3.26. The molecule has 7 heteroatoms. The van der Waals surface area contributed by atoms with Crippen molar-refractivity contribution >= 4 is 38.9 Å². The van der Waals surface area contributed by atoms with Gasteiger partial charge < -0.3 is 5.32 Å². The molecule has 4 rings (SSSR count). The number of anilines is 2. The quantitative estimate of drug-likeness (QED) is 0.701. The van der Waals surface area contributed by atoms with Crippen molar-refractivity contribution in [3.8, 4) is 0 Å². The number of nitrogens with one attached hydrogen (secondary N) is 1. The fraction of sp³-hybridized carbons (Fsp3) is 0.0952. The first-order valence-electron chi connectivity index (χ1n) is 8.70. The van der Waals surface area contributed by atoms with E-state index in [1.165, 1.54) is 28.6 Å². The molecule has 0 bridgehead atoms. The summed E-state index contributed by atoms with van der Waals surface area (Å²) in [6.45, 7) is 0. The minimum Gasteiger partial charge on any atom is -0.324 e. The van der Waals surface area contributed by atoms with Gasteiger partial charge in [0.15, 0.2) is 0 Å². The minimum absolute atomic E-state index is 0.0890. The topological polar surface area (TPSA) is 66.5 Å². The van der Waals surface area contributed by atoms with Crippen LogP contribution in [0.25, 0.3) is 0 Å². The number of nitrogens with zero attached hydrogens (tertiary/aromatic N) is 1. The van der Waals surface area contributed by atoms with E-state index < -0.39 is 16.1 Å². The predicted molar refractivity (Wildman–Crippen MR) is 110 cm³/mol. The lowest BCUT2D eigenvalue weighted by molar-refractivity contribution is -0.117. The van der Waals surface area contributed by atoms with Gasteiger partial charge in [-0.15, -0.1) is 0 Å². The molecule has 28 heavy (non-hydrogen) atoms. The van der Waals surface area contributed by atoms with Crippen molar-refractivity contribution in [2.75, 3.05) is 9.62 Å². The molecule has 1 N–H and O–H groups in total. The van der Waals surface area contributed by atoms with Gasteiger partial charge in [0.05, 0.1) is 10.6 Å². The molecule has 0 spiro atoms. The highest BCUT2D eigenvalue weighted by Gasteiger charge is 2.42. The number of benzene rings is 3. The Labute approximate surface area is 168 Å². The average molecular weight is 413 g/mol. The predicted octanol–water partition coefficient (Wildman–Crippen LogP) is 4.10. The van der Waals surface area contributed by atoms with Crippen molar-refractivity contribution in [3.63, 3.8) is 0 Å². The second-order valence-electron chi connectivity index (χ2n) is 6.46. The van der Waals surface area contributed by atoms with Crippen LogP contribution < -0.4 is 9.62 Å². The number of hydrogen-bond donors (Lipinski definition) is 1. The third-order valence-electron chi connectivity index (χ3n) is 4.64. The van der Waals surface area contributed by atoms with Crippen molar-refractivity contribution < 1.29 is 13.2 Å². The number of sulfonamides is 1. The number of carbonyl (C=O) groups excluding carboxylic acids is 1. The van der Waals surface area contributed by atoms with E-state index in [2.05, 4.69) is 5.32 Å². The zero-order valence-electron chi connectivity index (χ0n) is 14.7. The van der Waals surface area contributed by atoms with Gasteiger partial charge in [-0.05, 0) is 48.0 Å². The number of para-hydroxylation sites is 2. The Morgan fingerprint density at radius 3 is 2.29 bits per heavy atom. The lowest BCUT2D eigenvalue weighted by Gasteiger charge is -2.26. The normalized spacial score (nSPS) is 15.9. The highest BCUT2D eigenvalue weighted by atomic mass is 35.5. The standard InChI is InChI=1S/C21H17ClN2O3S/c22-16-10-12-18(13-11-16)28(26,27)24-19-9-5-4-6-15(19)14-20(24)21(25)23-17-7-2-1-3-8-17/h1-13,20H,14H2,(H,23,25). The average Bonchev–Trinajstić information content (AvgIpc) is 3.10. The van der Waals surface area contributed by atoms with Crippen molar-refractivity contribution in [3.05, 3.63) is 89.4 Å². The zero-order chi connectivity index (χ0) is 19.7. The SMILES string of the molecule is O=C(Nc1ccccc1)C1Cc2ccccc2N1S(=O)(=O)c1ccc(Cl)cc1. The summed E-state index contributed by atoms with van der Waals surface area (Å²) in [6.07, 6.45) is 0.307. The van der Waals surface area contributed by atoms with E-state index in [0.717, 1.165) is 5.56 Å². The largest absolute Gasteiger partial charge is 0.324 e. The second kappa shape index (κ2) is 7.30. The lowest BCUT2D eigenvalue weighted by atomic mass is 10.1. The number of carbonyl (C=O) groups is 1. The van der Waals surface area contributed by atoms with Crippen LogP contribution in [0.3, 0.4) is 0 Å². The van der Waals surface area contributed by atoms with Crippen LogP contribution in [0.4, 0.5) is 11.4 Å². The Balaban J connectivity index is 1.74. The number of amides is 1. The maximum atomic E-state index is 13.4. The van der Waals surface area contributed by atoms with Crippen molar-refractivity contribution in [2.24, 2.45) is 0 Å². The maximum Gasteiger partial charge on any atom is 0.265 e. The molecule has 0 saturated heterocycles. The molecule has 5 nitrogen and oxygen atoms in total. The van der Waals surface area contributed by atoms with Gasteiger partial charge >= 0.3 is 0 Å². The van der Waals surface area contributed by atoms with E-state index in [9.17, 15) is 13.2 Å². The first kappa shape index (κ1) is 18.5. The minimum atomic E-state index is -3.94. The molecule has 1 aliphatic heterocycles. The van der Waals surface area contributed by atoms with E-state index in [1.54, 1.807) is 36.4 Å². The summed E-state index contributed by atoms with van der Waals surface area (Å²) in [4.78, 5) is 13.1. The molecular formula is C21H17ClN2O3S. The first-order chi connectivity index (χ1) is 13.5. The summed E-state index contributed by atoms with van der Waals surface area (Å²) >= 11 is 5.90. The summed E-state index contributed by atoms with van der Waals surface area (Å²) in [5.41, 5.74) is 1.95. The Hall–Kier alpha value is -2.83. The lowest BCUT2D eigenvalue weighted by Crippen LogP contribution is -2.45. The highest BCUT2D eigenvalue weighted by molar-refractivity contribution is 7.93. The van der Waals surface area contributed by atoms with Crippen LogP contribution in [0.2, 0.25) is 5.02 Å². The van der Waals surface area contributed by atoms with E-state index in [4.69, 9.17) is 11.6 Å². The van der Waals surface area contributed by atoms with Crippen LogP contribution in [0.5, 0.6) is 0 Å². The summed E-state index contributed by atoms with van der Waals surface area (Å²) in [5.74, 6) is -0.375. The summed E-state index contributed by atoms with van der Waals surface area (Å²) in [6, 6.07) is 21.2. The van der Waals surface area contributed by atoms with Crippen molar-refractivity contribution in [1.29, 1.82) is 0 Å². The van der Waals surface area contributed by atoms with Crippen LogP contribution in [-0.2, 0) is 21.2 Å². The van der Waals surface area contributed by atoms with E-state index in [-0.39, 0.29) is 10.8 Å². The van der Waals surface area contributed by atoms with Crippen LogP contribution in [0, 0.1) is 0 Å². The molecule has 0 fully saturated rings. The number of rotatable bonds is 4. The van der Waals surface area contributed by atoms with Gasteiger partial charge in [-0.25, -0.2) is 8.42 Å². The third-order valence-corrected chi connectivity index (χ3v) is 6.73. The Bertz CT molecular complexity index is 1120. The Morgan fingerprint density at radius 2 is 1.57 bits per heavy atom. The second-order valence-corrected chi connectivity index (χ2v) is 8.71. The van der Waals surface area contributed by atoms with Gasteiger partial charge in [0, 0.05) is 17.1 Å². The van der Waals surface area contributed by atoms with Gasteiger partial charge in [-0.3, -0.25) is 9.10 Å². The molecule has 1 amide bonds. The van der Waals surface area contributed by atoms with Crippen LogP contribution >= 0.6 is 11.6 Å². The van der Waals surface area contributed by atoms with E-state index >= 15 is 0 Å². The highest BCUT2D eigenvalue weighted by Crippen LogP contribution is 2.37. The molecule has 0 saturated carbocycles. The fourth-order valence-electron chi connectivity index (χ4n) is 3.32. The molecule has 3 aromatic carbocycles. The molecule has 3 aromatic rings. The monoisotopic (exact) mass is 412 g/mol. The molecule has 1 unspecified atom stereocenters. The molecule has 1 heterocycles. The van der Waals surface area contributed by atoms with Crippen LogP contribution in [0.15, 0.2) is 83.8 Å². The molecular weight excluding hydrogens is 396 g/mol. The van der Waals surface area contributed by atoms with Gasteiger partial charge in [-0.1, -0.05) is 48.0 Å². The number of hydrogen-bond acceptors (Lipinski definition) is 3. The number of fused-ring (bicyclic) bond motifs is 1. The Morgan fingerprint density at radius 1 is 0.929 bits per heavy atom. The fourth-order valence-corrected chi connectivity index (χ4v) is 5.10. The molecule has 0 aromatic heterocycles. The molecule has 1 aliphatic rings. The summed E-state index contributed by atoms with van der Waals surface area (Å²) < 4.78 is 28.0. The molecule has 0 radical (unpaired) electrons. The molecule has 0 aliphatic carbocycles. The van der Waals surface area contributed by atoms with Crippen LogP contribution in [-0.4, -0.2) is 20.4 Å². The van der Waals surface area contributed by atoms with Gasteiger partial charge in [-0.2, -0.15) is 0 Å². The molecule has 142 valence electrons. The van der Waals surface area contributed by atoms with Crippen molar-refractivity contribution in [2.45, 2.75) is 17.4 Å². The first-order valence-corrected chi connectivity index (χ1v) is 10.5. The Kier molecular flexibility index (Phi) is 4.83. The maximum absolute atomic E-state index is 13.4. The smallest absolute Gasteiger partial charge is 0.265 e. The summed E-state index contributed by atoms with van der Waals surface area (Å²) in [7, 11) is -3.94. The van der Waals surface area contributed by atoms with Gasteiger partial charge in [0.2, 0.25) is 5.91 Å². The van der Waals surface area contributed by atoms with E-state index in [1.807, 2.05) is 18.2 Å².